The number of likely N-dealkylation sites (tertiary alicyclic amines) is 1. The average molecular weight is 296 g/mol. The lowest BCUT2D eigenvalue weighted by molar-refractivity contribution is -0.0968. The van der Waals surface area contributed by atoms with Crippen molar-refractivity contribution in [1.82, 2.24) is 4.90 Å². The highest BCUT2D eigenvalue weighted by atomic mass is 35.5. The molecule has 0 bridgehead atoms. The normalized spacial score (nSPS) is 31.0. The zero-order chi connectivity index (χ0) is 14.2. The number of benzene rings is 1. The number of halogens is 1. The summed E-state index contributed by atoms with van der Waals surface area (Å²) in [6.45, 7) is 2.51. The fourth-order valence-corrected chi connectivity index (χ4v) is 3.91. The maximum absolute atomic E-state index is 10.7. The van der Waals surface area contributed by atoms with Crippen molar-refractivity contribution in [2.24, 2.45) is 5.92 Å². The molecule has 0 spiro atoms. The first-order chi connectivity index (χ1) is 9.58. The van der Waals surface area contributed by atoms with E-state index in [0.29, 0.717) is 17.5 Å². The van der Waals surface area contributed by atoms with Gasteiger partial charge in [0.2, 0.25) is 0 Å². The number of fused-ring (bicyclic) bond motifs is 1. The van der Waals surface area contributed by atoms with Gasteiger partial charge < -0.3 is 10.2 Å². The summed E-state index contributed by atoms with van der Waals surface area (Å²) in [5.41, 5.74) is 0.434. The van der Waals surface area contributed by atoms with E-state index in [4.69, 9.17) is 11.6 Å². The largest absolute Gasteiger partial charge is 0.506 e. The maximum atomic E-state index is 10.7. The Hall–Kier alpha value is -0.770. The molecule has 1 aromatic carbocycles. The monoisotopic (exact) mass is 295 g/mol. The van der Waals surface area contributed by atoms with Crippen molar-refractivity contribution >= 4 is 11.6 Å². The summed E-state index contributed by atoms with van der Waals surface area (Å²) in [6, 6.07) is 5.50. The fourth-order valence-electron chi connectivity index (χ4n) is 3.71. The molecule has 1 heterocycles. The lowest BCUT2D eigenvalue weighted by atomic mass is 9.71. The van der Waals surface area contributed by atoms with E-state index in [1.54, 1.807) is 6.07 Å². The van der Waals surface area contributed by atoms with Gasteiger partial charge in [-0.3, -0.25) is 4.90 Å². The Morgan fingerprint density at radius 3 is 3.00 bits per heavy atom. The molecule has 1 aliphatic carbocycles. The number of para-hydroxylation sites is 1. The summed E-state index contributed by atoms with van der Waals surface area (Å²) in [4.78, 5) is 2.33. The zero-order valence-corrected chi connectivity index (χ0v) is 12.4. The number of nitrogens with zero attached hydrogens (tertiary/aromatic N) is 1. The number of aliphatic hydroxyl groups is 1. The molecule has 0 radical (unpaired) electrons. The van der Waals surface area contributed by atoms with Crippen LogP contribution in [0.15, 0.2) is 18.2 Å². The predicted octanol–water partition coefficient (Wildman–Crippen LogP) is 3.17. The van der Waals surface area contributed by atoms with Crippen LogP contribution in [0.5, 0.6) is 5.75 Å². The molecule has 1 saturated carbocycles. The van der Waals surface area contributed by atoms with Crippen LogP contribution in [-0.4, -0.2) is 33.8 Å². The lowest BCUT2D eigenvalue weighted by Crippen LogP contribution is -2.52. The van der Waals surface area contributed by atoms with E-state index in [9.17, 15) is 10.2 Å². The first-order valence-electron chi connectivity index (χ1n) is 7.49. The first kappa shape index (κ1) is 14.2. The predicted molar refractivity (Wildman–Crippen MR) is 79.9 cm³/mol. The highest BCUT2D eigenvalue weighted by Gasteiger charge is 2.42. The van der Waals surface area contributed by atoms with Gasteiger partial charge in [0.05, 0.1) is 10.6 Å². The van der Waals surface area contributed by atoms with Crippen molar-refractivity contribution in [2.75, 3.05) is 13.1 Å². The van der Waals surface area contributed by atoms with Crippen LogP contribution in [0.3, 0.4) is 0 Å². The van der Waals surface area contributed by atoms with Crippen molar-refractivity contribution < 1.29 is 10.2 Å². The van der Waals surface area contributed by atoms with Gasteiger partial charge in [-0.15, -0.1) is 0 Å². The summed E-state index contributed by atoms with van der Waals surface area (Å²) in [7, 11) is 0. The van der Waals surface area contributed by atoms with E-state index in [0.717, 1.165) is 44.3 Å². The second-order valence-corrected chi connectivity index (χ2v) is 6.69. The van der Waals surface area contributed by atoms with E-state index in [1.807, 2.05) is 12.1 Å². The minimum absolute atomic E-state index is 0.193. The van der Waals surface area contributed by atoms with Gasteiger partial charge >= 0.3 is 0 Å². The van der Waals surface area contributed by atoms with Crippen LogP contribution in [0.1, 0.15) is 37.7 Å². The topological polar surface area (TPSA) is 43.7 Å². The number of hydrogen-bond acceptors (Lipinski definition) is 3. The zero-order valence-electron chi connectivity index (χ0n) is 11.7. The Morgan fingerprint density at radius 2 is 2.15 bits per heavy atom. The van der Waals surface area contributed by atoms with Crippen molar-refractivity contribution in [3.05, 3.63) is 28.8 Å². The van der Waals surface area contributed by atoms with Crippen molar-refractivity contribution in [3.63, 3.8) is 0 Å². The van der Waals surface area contributed by atoms with Crippen molar-refractivity contribution in [1.29, 1.82) is 0 Å². The summed E-state index contributed by atoms with van der Waals surface area (Å²) in [6.07, 6.45) is 5.30. The molecular weight excluding hydrogens is 274 g/mol. The Labute approximate surface area is 125 Å². The number of aromatic hydroxyl groups is 1. The summed E-state index contributed by atoms with van der Waals surface area (Å²) >= 11 is 5.96. The average Bonchev–Trinajstić information content (AvgIpc) is 2.44. The highest BCUT2D eigenvalue weighted by Crippen LogP contribution is 2.40. The van der Waals surface area contributed by atoms with Crippen LogP contribution in [0.4, 0.5) is 0 Å². The lowest BCUT2D eigenvalue weighted by Gasteiger charge is -2.47. The van der Waals surface area contributed by atoms with Gasteiger partial charge in [-0.2, -0.15) is 0 Å². The smallest absolute Gasteiger partial charge is 0.138 e. The van der Waals surface area contributed by atoms with Crippen LogP contribution < -0.4 is 0 Å². The molecule has 1 aliphatic heterocycles. The third-order valence-corrected chi connectivity index (χ3v) is 5.28. The summed E-state index contributed by atoms with van der Waals surface area (Å²) < 4.78 is 0. The molecule has 110 valence electrons. The van der Waals surface area contributed by atoms with Gasteiger partial charge in [0.15, 0.2) is 0 Å². The molecule has 2 atom stereocenters. The molecule has 3 rings (SSSR count). The van der Waals surface area contributed by atoms with Crippen LogP contribution >= 0.6 is 11.6 Å². The standard InChI is InChI=1S/C16H22ClNO2/c17-14-6-3-4-12(15(14)19)10-18-9-8-16(20)7-2-1-5-13(16)11-18/h3-4,6,13,19-20H,1-2,5,7-11H2. The molecule has 2 N–H and O–H groups in total. The van der Waals surface area contributed by atoms with Crippen molar-refractivity contribution in [3.8, 4) is 5.75 Å². The number of phenols is 1. The Balaban J connectivity index is 1.69. The van der Waals surface area contributed by atoms with Gasteiger partial charge in [0.1, 0.15) is 5.75 Å². The highest BCUT2D eigenvalue weighted by molar-refractivity contribution is 6.32. The number of rotatable bonds is 2. The number of hydrogen-bond donors (Lipinski definition) is 2. The molecule has 20 heavy (non-hydrogen) atoms. The second-order valence-electron chi connectivity index (χ2n) is 6.28. The van der Waals surface area contributed by atoms with Gasteiger partial charge in [-0.05, 0) is 25.3 Å². The van der Waals surface area contributed by atoms with Gasteiger partial charge in [0.25, 0.3) is 0 Å². The van der Waals surface area contributed by atoms with Gasteiger partial charge in [0, 0.05) is 31.1 Å². The van der Waals surface area contributed by atoms with E-state index in [-0.39, 0.29) is 5.75 Å². The molecular formula is C16H22ClNO2. The molecule has 2 unspecified atom stereocenters. The minimum Gasteiger partial charge on any atom is -0.506 e. The Morgan fingerprint density at radius 1 is 1.30 bits per heavy atom. The molecule has 1 aromatic rings. The second kappa shape index (κ2) is 5.55. The molecule has 2 aliphatic rings. The maximum Gasteiger partial charge on any atom is 0.138 e. The quantitative estimate of drug-likeness (QED) is 0.881. The molecule has 3 nitrogen and oxygen atoms in total. The van der Waals surface area contributed by atoms with Crippen molar-refractivity contribution in [2.45, 2.75) is 44.2 Å². The number of phenolic OH excluding ortho intramolecular Hbond substituents is 1. The Bertz CT molecular complexity index is 493. The molecule has 1 saturated heterocycles. The van der Waals surface area contributed by atoms with Gasteiger partial charge in [-0.1, -0.05) is 36.6 Å². The van der Waals surface area contributed by atoms with E-state index in [2.05, 4.69) is 4.90 Å². The molecule has 0 aromatic heterocycles. The minimum atomic E-state index is -0.439. The summed E-state index contributed by atoms with van der Waals surface area (Å²) in [5.74, 6) is 0.574. The molecule has 4 heteroatoms. The van der Waals surface area contributed by atoms with E-state index < -0.39 is 5.60 Å². The fraction of sp³-hybridized carbons (Fsp3) is 0.625. The van der Waals surface area contributed by atoms with Crippen LogP contribution in [-0.2, 0) is 6.54 Å². The van der Waals surface area contributed by atoms with Crippen LogP contribution in [0.25, 0.3) is 0 Å². The molecule has 0 amide bonds. The SMILES string of the molecule is Oc1c(Cl)cccc1CN1CCC2(O)CCCCC2C1. The summed E-state index contributed by atoms with van der Waals surface area (Å²) in [5, 5.41) is 21.1. The third kappa shape index (κ3) is 2.67. The van der Waals surface area contributed by atoms with Crippen LogP contribution in [0.2, 0.25) is 5.02 Å². The van der Waals surface area contributed by atoms with Crippen LogP contribution in [0, 0.1) is 5.92 Å². The molecule has 2 fully saturated rings. The number of piperidine rings is 1. The Kier molecular flexibility index (Phi) is 3.93. The first-order valence-corrected chi connectivity index (χ1v) is 7.87. The van der Waals surface area contributed by atoms with E-state index >= 15 is 0 Å². The van der Waals surface area contributed by atoms with Gasteiger partial charge in [-0.25, -0.2) is 0 Å². The van der Waals surface area contributed by atoms with E-state index in [1.165, 1.54) is 6.42 Å². The third-order valence-electron chi connectivity index (χ3n) is 4.98.